The summed E-state index contributed by atoms with van der Waals surface area (Å²) in [6.45, 7) is 0. The lowest BCUT2D eigenvalue weighted by Crippen LogP contribution is -2.11. The van der Waals surface area contributed by atoms with Gasteiger partial charge in [-0.05, 0) is 24.3 Å². The quantitative estimate of drug-likeness (QED) is 0.666. The van der Waals surface area contributed by atoms with Gasteiger partial charge in [-0.3, -0.25) is 4.79 Å². The molecule has 25 heavy (non-hydrogen) atoms. The minimum atomic E-state index is -3.65. The van der Waals surface area contributed by atoms with Gasteiger partial charge in [-0.1, -0.05) is 6.07 Å². The number of benzene rings is 2. The van der Waals surface area contributed by atoms with Crippen molar-refractivity contribution in [1.29, 1.82) is 0 Å². The van der Waals surface area contributed by atoms with Crippen molar-refractivity contribution in [2.45, 2.75) is 0 Å². The molecule has 0 aliphatic rings. The molecule has 0 fully saturated rings. The molecule has 8 nitrogen and oxygen atoms in total. The van der Waals surface area contributed by atoms with E-state index in [0.29, 0.717) is 33.7 Å². The van der Waals surface area contributed by atoms with Crippen LogP contribution in [-0.2, 0) is 10.1 Å². The van der Waals surface area contributed by atoms with Crippen LogP contribution in [0, 0.1) is 0 Å². The Bertz CT molecular complexity index is 1070. The van der Waals surface area contributed by atoms with Gasteiger partial charge in [0, 0.05) is 6.07 Å². The van der Waals surface area contributed by atoms with Gasteiger partial charge >= 0.3 is 10.1 Å². The summed E-state index contributed by atoms with van der Waals surface area (Å²) < 4.78 is 32.6. The van der Waals surface area contributed by atoms with Gasteiger partial charge in [-0.25, -0.2) is 4.98 Å². The number of nitrogens with two attached hydrogens (primary N) is 1. The molecule has 0 aliphatic heterocycles. The monoisotopic (exact) mass is 361 g/mol. The van der Waals surface area contributed by atoms with Crippen LogP contribution in [0.25, 0.3) is 22.4 Å². The number of rotatable bonds is 5. The molecule has 1 aromatic heterocycles. The first kappa shape index (κ1) is 16.8. The molecule has 1 amide bonds. The molecule has 0 aliphatic carbocycles. The van der Waals surface area contributed by atoms with E-state index in [1.54, 1.807) is 24.3 Å². The lowest BCUT2D eigenvalue weighted by molar-refractivity contribution is 0.100. The van der Waals surface area contributed by atoms with Gasteiger partial charge in [0.05, 0.1) is 30.0 Å². The van der Waals surface area contributed by atoms with E-state index in [0.717, 1.165) is 6.26 Å². The number of amides is 1. The molecule has 0 spiro atoms. The smallest absolute Gasteiger partial charge is 0.306 e. The van der Waals surface area contributed by atoms with E-state index in [-0.39, 0.29) is 5.75 Å². The Balaban J connectivity index is 2.11. The summed E-state index contributed by atoms with van der Waals surface area (Å²) >= 11 is 0. The number of carbonyl (C=O) groups excluding carboxylic acids is 1. The highest BCUT2D eigenvalue weighted by molar-refractivity contribution is 7.86. The minimum absolute atomic E-state index is 0.122. The van der Waals surface area contributed by atoms with Crippen molar-refractivity contribution in [1.82, 2.24) is 9.97 Å². The first-order chi connectivity index (χ1) is 11.8. The lowest BCUT2D eigenvalue weighted by Gasteiger charge is -2.09. The summed E-state index contributed by atoms with van der Waals surface area (Å²) in [5.41, 5.74) is 7.34. The molecule has 3 rings (SSSR count). The van der Waals surface area contributed by atoms with Crippen LogP contribution >= 0.6 is 0 Å². The SMILES string of the molecule is COc1cc(OS(C)(=O)=O)ccc1-c1nc2c(C(N)=O)cccc2[nH]1. The first-order valence-corrected chi connectivity index (χ1v) is 8.96. The molecule has 0 radical (unpaired) electrons. The zero-order valence-electron chi connectivity index (χ0n) is 13.4. The Kier molecular flexibility index (Phi) is 4.09. The molecular weight excluding hydrogens is 346 g/mol. The second kappa shape index (κ2) is 6.10. The van der Waals surface area contributed by atoms with Crippen molar-refractivity contribution in [3.63, 3.8) is 0 Å². The van der Waals surface area contributed by atoms with Gasteiger partial charge in [0.1, 0.15) is 22.8 Å². The molecule has 0 saturated carbocycles. The summed E-state index contributed by atoms with van der Waals surface area (Å²) in [6, 6.07) is 9.60. The maximum absolute atomic E-state index is 11.5. The zero-order chi connectivity index (χ0) is 18.2. The maximum Gasteiger partial charge on any atom is 0.306 e. The fourth-order valence-corrected chi connectivity index (χ4v) is 2.91. The number of imidazole rings is 1. The number of nitrogens with zero attached hydrogens (tertiary/aromatic N) is 1. The van der Waals surface area contributed by atoms with Gasteiger partial charge in [0.25, 0.3) is 5.91 Å². The molecule has 2 aromatic carbocycles. The van der Waals surface area contributed by atoms with Gasteiger partial charge in [-0.15, -0.1) is 0 Å². The minimum Gasteiger partial charge on any atom is -0.496 e. The molecule has 0 unspecified atom stereocenters. The van der Waals surface area contributed by atoms with E-state index in [2.05, 4.69) is 9.97 Å². The van der Waals surface area contributed by atoms with Crippen molar-refractivity contribution in [2.75, 3.05) is 13.4 Å². The van der Waals surface area contributed by atoms with Crippen molar-refractivity contribution < 1.29 is 22.1 Å². The summed E-state index contributed by atoms with van der Waals surface area (Å²) in [5.74, 6) is 0.358. The highest BCUT2D eigenvalue weighted by Gasteiger charge is 2.16. The van der Waals surface area contributed by atoms with E-state index < -0.39 is 16.0 Å². The van der Waals surface area contributed by atoms with Crippen molar-refractivity contribution in [3.05, 3.63) is 42.0 Å². The Morgan fingerprint density at radius 1 is 1.24 bits per heavy atom. The Morgan fingerprint density at radius 2 is 2.00 bits per heavy atom. The molecule has 9 heteroatoms. The van der Waals surface area contributed by atoms with Crippen LogP contribution in [0.4, 0.5) is 0 Å². The van der Waals surface area contributed by atoms with Gasteiger partial charge < -0.3 is 19.6 Å². The van der Waals surface area contributed by atoms with Crippen LogP contribution in [0.1, 0.15) is 10.4 Å². The zero-order valence-corrected chi connectivity index (χ0v) is 14.3. The predicted octanol–water partition coefficient (Wildman–Crippen LogP) is 1.68. The Labute approximate surface area is 143 Å². The number of fused-ring (bicyclic) bond motifs is 1. The average Bonchev–Trinajstić information content (AvgIpc) is 2.96. The highest BCUT2D eigenvalue weighted by atomic mass is 32.2. The van der Waals surface area contributed by atoms with Crippen LogP contribution in [0.2, 0.25) is 0 Å². The topological polar surface area (TPSA) is 124 Å². The van der Waals surface area contributed by atoms with Crippen molar-refractivity contribution >= 4 is 27.1 Å². The van der Waals surface area contributed by atoms with Crippen LogP contribution in [0.5, 0.6) is 11.5 Å². The number of para-hydroxylation sites is 1. The number of carbonyl (C=O) groups is 1. The Morgan fingerprint density at radius 3 is 2.64 bits per heavy atom. The highest BCUT2D eigenvalue weighted by Crippen LogP contribution is 2.33. The second-order valence-corrected chi connectivity index (χ2v) is 6.88. The number of hydrogen-bond donors (Lipinski definition) is 2. The largest absolute Gasteiger partial charge is 0.496 e. The molecule has 1 heterocycles. The summed E-state index contributed by atoms with van der Waals surface area (Å²) in [5, 5.41) is 0. The number of methoxy groups -OCH3 is 1. The molecule has 0 saturated heterocycles. The van der Waals surface area contributed by atoms with Gasteiger partial charge in [0.15, 0.2) is 0 Å². The van der Waals surface area contributed by atoms with Crippen LogP contribution in [0.15, 0.2) is 36.4 Å². The predicted molar refractivity (Wildman–Crippen MR) is 92.1 cm³/mol. The summed E-state index contributed by atoms with van der Waals surface area (Å²) in [4.78, 5) is 19.0. The molecule has 0 bridgehead atoms. The standard InChI is InChI=1S/C16H15N3O5S/c1-23-13-8-9(24-25(2,21)22)6-7-10(13)16-18-12-5-3-4-11(15(17)20)14(12)19-16/h3-8H,1-2H3,(H2,17,20)(H,18,19). The number of aromatic nitrogens is 2. The third-order valence-electron chi connectivity index (χ3n) is 3.45. The molecule has 3 aromatic rings. The second-order valence-electron chi connectivity index (χ2n) is 5.30. The van der Waals surface area contributed by atoms with Gasteiger partial charge in [0.2, 0.25) is 0 Å². The fourth-order valence-electron chi connectivity index (χ4n) is 2.45. The number of ether oxygens (including phenoxy) is 1. The molecule has 3 N–H and O–H groups in total. The number of H-pyrrole nitrogens is 1. The van der Waals surface area contributed by atoms with E-state index >= 15 is 0 Å². The number of aromatic amines is 1. The Hall–Kier alpha value is -3.07. The van der Waals surface area contributed by atoms with Crippen molar-refractivity contribution in [3.8, 4) is 22.9 Å². The number of nitrogens with one attached hydrogen (secondary N) is 1. The van der Waals surface area contributed by atoms with Gasteiger partial charge in [-0.2, -0.15) is 8.42 Å². The number of hydrogen-bond acceptors (Lipinski definition) is 6. The van der Waals surface area contributed by atoms with E-state index in [1.165, 1.54) is 19.2 Å². The average molecular weight is 361 g/mol. The van der Waals surface area contributed by atoms with E-state index in [1.807, 2.05) is 0 Å². The molecule has 130 valence electrons. The van der Waals surface area contributed by atoms with E-state index in [4.69, 9.17) is 14.7 Å². The van der Waals surface area contributed by atoms with E-state index in [9.17, 15) is 13.2 Å². The molecular formula is C16H15N3O5S. The van der Waals surface area contributed by atoms with Crippen LogP contribution < -0.4 is 14.7 Å². The lowest BCUT2D eigenvalue weighted by atomic mass is 10.2. The fraction of sp³-hybridized carbons (Fsp3) is 0.125. The van der Waals surface area contributed by atoms with Crippen LogP contribution in [-0.4, -0.2) is 37.7 Å². The maximum atomic E-state index is 11.5. The third kappa shape index (κ3) is 3.41. The van der Waals surface area contributed by atoms with Crippen LogP contribution in [0.3, 0.4) is 0 Å². The first-order valence-electron chi connectivity index (χ1n) is 7.15. The summed E-state index contributed by atoms with van der Waals surface area (Å²) in [7, 11) is -2.20. The number of primary amides is 1. The summed E-state index contributed by atoms with van der Waals surface area (Å²) in [6.07, 6.45) is 0.956. The third-order valence-corrected chi connectivity index (χ3v) is 3.95. The molecule has 0 atom stereocenters. The normalized spacial score (nSPS) is 11.4. The van der Waals surface area contributed by atoms with Crippen molar-refractivity contribution in [2.24, 2.45) is 5.73 Å².